The van der Waals surface area contributed by atoms with Crippen LogP contribution in [-0.4, -0.2) is 25.0 Å². The Balaban J connectivity index is 1.18. The second-order valence-electron chi connectivity index (χ2n) is 12.7. The first-order valence-corrected chi connectivity index (χ1v) is 18.3. The highest BCUT2D eigenvalue weighted by atomic mass is 32.2. The largest absolute Gasteiger partial charge is 0.399 e. The first kappa shape index (κ1) is 34.1. The molecule has 7 aromatic carbocycles. The summed E-state index contributed by atoms with van der Waals surface area (Å²) < 4.78 is 0. The van der Waals surface area contributed by atoms with Crippen molar-refractivity contribution in [3.63, 3.8) is 0 Å². The Morgan fingerprint density at radius 2 is 0.889 bits per heavy atom. The third-order valence-electron chi connectivity index (χ3n) is 9.09. The molecular weight excluding hydrogens is 681 g/mol. The standard InChI is InChI=1S/C47H34N6S/c48-38-20-12-17-35(30-38)31-25-27-34(28-26-31)46-51-45(33-15-5-2-6-16-33)52-47(53-46)42-24-10-8-22-40(42)37-19-11-18-36(29-37)39-21-7-9-23-41(39)44(50)54-43(49)32-13-3-1-4-14-32/h1-30,49-50H,48H2. The molecule has 6 nitrogen and oxygen atoms in total. The number of nitrogens with two attached hydrogens (primary N) is 1. The number of nitrogens with zero attached hydrogens (tertiary/aromatic N) is 3. The van der Waals surface area contributed by atoms with Crippen LogP contribution < -0.4 is 5.73 Å². The minimum atomic E-state index is 0.317. The van der Waals surface area contributed by atoms with E-state index in [-0.39, 0.29) is 0 Å². The fraction of sp³-hybridized carbons (Fsp3) is 0. The molecule has 0 unspecified atom stereocenters. The van der Waals surface area contributed by atoms with Crippen molar-refractivity contribution < 1.29 is 0 Å². The lowest BCUT2D eigenvalue weighted by atomic mass is 9.94. The Hall–Kier alpha value is -6.96. The number of nitrogen functional groups attached to an aromatic ring is 1. The predicted octanol–water partition coefficient (Wildman–Crippen LogP) is 11.5. The minimum Gasteiger partial charge on any atom is -0.399 e. The van der Waals surface area contributed by atoms with Crippen molar-refractivity contribution in [1.29, 1.82) is 10.8 Å². The van der Waals surface area contributed by atoms with E-state index in [0.717, 1.165) is 78.6 Å². The van der Waals surface area contributed by atoms with Crippen LogP contribution in [0.15, 0.2) is 182 Å². The van der Waals surface area contributed by atoms with Gasteiger partial charge >= 0.3 is 0 Å². The number of rotatable bonds is 8. The molecule has 0 bridgehead atoms. The van der Waals surface area contributed by atoms with Crippen molar-refractivity contribution in [3.05, 3.63) is 193 Å². The van der Waals surface area contributed by atoms with Gasteiger partial charge in [0.25, 0.3) is 0 Å². The third kappa shape index (κ3) is 7.35. The zero-order chi connectivity index (χ0) is 36.9. The van der Waals surface area contributed by atoms with Crippen LogP contribution in [-0.2, 0) is 0 Å². The fourth-order valence-electron chi connectivity index (χ4n) is 6.39. The first-order valence-electron chi connectivity index (χ1n) is 17.5. The quantitative estimate of drug-likeness (QED) is 0.0824. The number of aromatic nitrogens is 3. The van der Waals surface area contributed by atoms with E-state index in [2.05, 4.69) is 36.4 Å². The van der Waals surface area contributed by atoms with Crippen LogP contribution in [0.1, 0.15) is 11.1 Å². The summed E-state index contributed by atoms with van der Waals surface area (Å²) in [4.78, 5) is 15.1. The molecule has 8 aromatic rings. The van der Waals surface area contributed by atoms with Gasteiger partial charge < -0.3 is 5.73 Å². The number of benzene rings is 7. The number of hydrogen-bond acceptors (Lipinski definition) is 7. The Morgan fingerprint density at radius 1 is 0.389 bits per heavy atom. The van der Waals surface area contributed by atoms with E-state index in [0.29, 0.717) is 27.6 Å². The van der Waals surface area contributed by atoms with E-state index < -0.39 is 0 Å². The molecule has 4 N–H and O–H groups in total. The number of nitrogens with one attached hydrogen (secondary N) is 2. The lowest BCUT2D eigenvalue weighted by Gasteiger charge is -2.14. The molecule has 0 atom stereocenters. The van der Waals surface area contributed by atoms with Crippen LogP contribution in [0.4, 0.5) is 5.69 Å². The molecule has 8 rings (SSSR count). The van der Waals surface area contributed by atoms with E-state index in [9.17, 15) is 0 Å². The van der Waals surface area contributed by atoms with Crippen LogP contribution >= 0.6 is 11.8 Å². The zero-order valence-corrected chi connectivity index (χ0v) is 30.0. The molecule has 0 amide bonds. The molecular formula is C47H34N6S. The molecule has 0 fully saturated rings. The van der Waals surface area contributed by atoms with Crippen molar-refractivity contribution in [2.24, 2.45) is 0 Å². The molecule has 0 aliphatic carbocycles. The van der Waals surface area contributed by atoms with Crippen LogP contribution in [0.2, 0.25) is 0 Å². The summed E-state index contributed by atoms with van der Waals surface area (Å²) in [7, 11) is 0. The van der Waals surface area contributed by atoms with Crippen molar-refractivity contribution in [1.82, 2.24) is 15.0 Å². The van der Waals surface area contributed by atoms with Gasteiger partial charge in [-0.3, -0.25) is 10.8 Å². The molecule has 0 radical (unpaired) electrons. The van der Waals surface area contributed by atoms with Crippen molar-refractivity contribution >= 4 is 27.5 Å². The van der Waals surface area contributed by atoms with E-state index in [1.807, 2.05) is 146 Å². The first-order chi connectivity index (χ1) is 26.5. The Kier molecular flexibility index (Phi) is 9.70. The van der Waals surface area contributed by atoms with Crippen molar-refractivity contribution in [2.45, 2.75) is 0 Å². The van der Waals surface area contributed by atoms with Gasteiger partial charge in [0.05, 0.1) is 0 Å². The van der Waals surface area contributed by atoms with Gasteiger partial charge in [-0.2, -0.15) is 0 Å². The Bertz CT molecular complexity index is 2620. The van der Waals surface area contributed by atoms with Crippen LogP contribution in [0, 0.1) is 10.8 Å². The Labute approximate surface area is 318 Å². The topological polar surface area (TPSA) is 112 Å². The van der Waals surface area contributed by atoms with Gasteiger partial charge in [0.15, 0.2) is 17.5 Å². The average Bonchev–Trinajstić information content (AvgIpc) is 3.24. The van der Waals surface area contributed by atoms with Gasteiger partial charge in [0, 0.05) is 33.5 Å². The Morgan fingerprint density at radius 3 is 1.59 bits per heavy atom. The number of hydrogen-bond donors (Lipinski definition) is 3. The summed E-state index contributed by atoms with van der Waals surface area (Å²) in [5.41, 5.74) is 16.9. The fourth-order valence-corrected chi connectivity index (χ4v) is 7.14. The number of anilines is 1. The monoisotopic (exact) mass is 714 g/mol. The predicted molar refractivity (Wildman–Crippen MR) is 225 cm³/mol. The number of thioether (sulfide) groups is 1. The van der Waals surface area contributed by atoms with Crippen LogP contribution in [0.3, 0.4) is 0 Å². The SMILES string of the molecule is N=C(SC(=N)c1ccccc1-c1cccc(-c2ccccc2-c2nc(-c3ccccc3)nc(-c3ccc(-c4cccc(N)c4)cc3)n2)c1)c1ccccc1. The summed E-state index contributed by atoms with van der Waals surface area (Å²) >= 11 is 1.15. The van der Waals surface area contributed by atoms with Gasteiger partial charge in [-0.25, -0.2) is 15.0 Å². The zero-order valence-electron chi connectivity index (χ0n) is 29.1. The molecule has 0 saturated heterocycles. The normalized spacial score (nSPS) is 10.9. The van der Waals surface area contributed by atoms with Gasteiger partial charge in [-0.1, -0.05) is 176 Å². The van der Waals surface area contributed by atoms with Crippen LogP contribution in [0.5, 0.6) is 0 Å². The molecule has 258 valence electrons. The van der Waals surface area contributed by atoms with E-state index in [4.69, 9.17) is 31.5 Å². The summed E-state index contributed by atoms with van der Waals surface area (Å²) in [6, 6.07) is 60.0. The van der Waals surface area contributed by atoms with Gasteiger partial charge in [0.2, 0.25) is 0 Å². The summed E-state index contributed by atoms with van der Waals surface area (Å²) in [6.45, 7) is 0. The maximum Gasteiger partial charge on any atom is 0.164 e. The molecule has 54 heavy (non-hydrogen) atoms. The average molecular weight is 715 g/mol. The van der Waals surface area contributed by atoms with Gasteiger partial charge in [-0.05, 0) is 51.6 Å². The molecule has 0 spiro atoms. The highest BCUT2D eigenvalue weighted by Crippen LogP contribution is 2.36. The van der Waals surface area contributed by atoms with Crippen molar-refractivity contribution in [3.8, 4) is 67.5 Å². The lowest BCUT2D eigenvalue weighted by molar-refractivity contribution is 1.07. The molecule has 0 saturated carbocycles. The molecule has 0 aliphatic heterocycles. The van der Waals surface area contributed by atoms with Gasteiger partial charge in [0.1, 0.15) is 10.1 Å². The molecule has 0 aliphatic rings. The summed E-state index contributed by atoms with van der Waals surface area (Å²) in [5.74, 6) is 1.73. The molecule has 7 heteroatoms. The van der Waals surface area contributed by atoms with E-state index in [1.54, 1.807) is 0 Å². The van der Waals surface area contributed by atoms with E-state index >= 15 is 0 Å². The minimum absolute atomic E-state index is 0.317. The second-order valence-corrected chi connectivity index (χ2v) is 13.7. The second kappa shape index (κ2) is 15.3. The molecule has 1 aromatic heterocycles. The maximum atomic E-state index is 9.00. The highest BCUT2D eigenvalue weighted by molar-refractivity contribution is 8.27. The van der Waals surface area contributed by atoms with Crippen molar-refractivity contribution in [2.75, 3.05) is 5.73 Å². The van der Waals surface area contributed by atoms with E-state index in [1.165, 1.54) is 0 Å². The third-order valence-corrected chi connectivity index (χ3v) is 9.96. The van der Waals surface area contributed by atoms with Gasteiger partial charge in [-0.15, -0.1) is 0 Å². The highest BCUT2D eigenvalue weighted by Gasteiger charge is 2.18. The smallest absolute Gasteiger partial charge is 0.164 e. The van der Waals surface area contributed by atoms with Crippen LogP contribution in [0.25, 0.3) is 67.5 Å². The summed E-state index contributed by atoms with van der Waals surface area (Å²) in [5, 5.41) is 18.3. The lowest BCUT2D eigenvalue weighted by Crippen LogP contribution is -2.03. The summed E-state index contributed by atoms with van der Waals surface area (Å²) in [6.07, 6.45) is 0. The maximum absolute atomic E-state index is 9.00. The molecule has 1 heterocycles.